The number of unbranched alkanes of at least 4 members (excludes halogenated alkanes) is 16. The molecule has 29 heavy (non-hydrogen) atoms. The summed E-state index contributed by atoms with van der Waals surface area (Å²) in [7, 11) is 0. The van der Waals surface area contributed by atoms with Gasteiger partial charge in [0.05, 0.1) is 12.5 Å². The second kappa shape index (κ2) is 19.2. The molecule has 0 aliphatic carbocycles. The Bertz CT molecular complexity index is 387. The average molecular weight is 407 g/mol. The quantitative estimate of drug-likeness (QED) is 0.177. The largest absolute Gasteiger partial charge is 0.473 e. The molecule has 1 aliphatic rings. The van der Waals surface area contributed by atoms with E-state index in [4.69, 9.17) is 9.47 Å². The highest BCUT2D eigenvalue weighted by molar-refractivity contribution is 5.15. The molecule has 0 amide bonds. The molecule has 0 atom stereocenters. The van der Waals surface area contributed by atoms with E-state index in [0.717, 1.165) is 13.0 Å². The second-order valence-corrected chi connectivity index (χ2v) is 8.95. The smallest absolute Gasteiger partial charge is 0.111 e. The van der Waals surface area contributed by atoms with Crippen molar-refractivity contribution in [1.29, 1.82) is 0 Å². The average Bonchev–Trinajstić information content (AvgIpc) is 2.75. The van der Waals surface area contributed by atoms with Crippen molar-refractivity contribution in [3.8, 4) is 0 Å². The maximum absolute atomic E-state index is 6.34. The first-order valence-electron chi connectivity index (χ1n) is 13.0. The number of hydrogen-bond donors (Lipinski definition) is 0. The molecule has 1 aliphatic heterocycles. The summed E-state index contributed by atoms with van der Waals surface area (Å²) in [4.78, 5) is 0. The molecule has 0 saturated heterocycles. The fraction of sp³-hybridized carbons (Fsp3) is 0.852. The van der Waals surface area contributed by atoms with Gasteiger partial charge in [-0.1, -0.05) is 117 Å². The first-order chi connectivity index (χ1) is 14.3. The van der Waals surface area contributed by atoms with Crippen LogP contribution in [0.15, 0.2) is 24.7 Å². The van der Waals surface area contributed by atoms with Crippen LogP contribution in [0.2, 0.25) is 0 Å². The molecule has 170 valence electrons. The Hall–Kier alpha value is -0.760. The van der Waals surface area contributed by atoms with E-state index in [-0.39, 0.29) is 5.60 Å². The van der Waals surface area contributed by atoms with Crippen LogP contribution in [0.25, 0.3) is 0 Å². The van der Waals surface area contributed by atoms with Gasteiger partial charge in [-0.25, -0.2) is 0 Å². The Morgan fingerprint density at radius 2 is 0.966 bits per heavy atom. The van der Waals surface area contributed by atoms with E-state index in [1.165, 1.54) is 116 Å². The van der Waals surface area contributed by atoms with Gasteiger partial charge in [0, 0.05) is 6.61 Å². The van der Waals surface area contributed by atoms with E-state index in [1.807, 2.05) is 0 Å². The van der Waals surface area contributed by atoms with Crippen molar-refractivity contribution in [2.75, 3.05) is 6.61 Å². The topological polar surface area (TPSA) is 18.5 Å². The molecule has 0 unspecified atom stereocenters. The lowest BCUT2D eigenvalue weighted by Crippen LogP contribution is -2.29. The molecule has 1 heterocycles. The predicted octanol–water partition coefficient (Wildman–Crippen LogP) is 9.25. The first-order valence-corrected chi connectivity index (χ1v) is 13.0. The third-order valence-electron chi connectivity index (χ3n) is 6.15. The maximum Gasteiger partial charge on any atom is 0.111 e. The highest BCUT2D eigenvalue weighted by atomic mass is 16.5. The standard InChI is InChI=1S/C27H50O2/c1-3-5-7-9-11-13-14-15-17-19-21-27(22-25-28-26-23-27)29-24-20-18-16-12-10-8-6-4-2/h22-23,25-26H,3-21,24H2,1-2H3. The van der Waals surface area contributed by atoms with Crippen LogP contribution < -0.4 is 0 Å². The Morgan fingerprint density at radius 3 is 1.45 bits per heavy atom. The van der Waals surface area contributed by atoms with Crippen molar-refractivity contribution in [2.24, 2.45) is 0 Å². The van der Waals surface area contributed by atoms with Crippen molar-refractivity contribution in [3.05, 3.63) is 24.7 Å². The summed E-state index contributed by atoms with van der Waals surface area (Å²) in [6.07, 6.45) is 33.4. The van der Waals surface area contributed by atoms with Gasteiger partial charge in [-0.05, 0) is 31.4 Å². The van der Waals surface area contributed by atoms with E-state index in [0.29, 0.717) is 0 Å². The Balaban J connectivity index is 2.06. The predicted molar refractivity (Wildman–Crippen MR) is 127 cm³/mol. The zero-order valence-electron chi connectivity index (χ0n) is 19.8. The van der Waals surface area contributed by atoms with Gasteiger partial charge in [-0.2, -0.15) is 0 Å². The van der Waals surface area contributed by atoms with E-state index < -0.39 is 0 Å². The lowest BCUT2D eigenvalue weighted by atomic mass is 9.94. The van der Waals surface area contributed by atoms with Crippen LogP contribution in [0.3, 0.4) is 0 Å². The highest BCUT2D eigenvalue weighted by Gasteiger charge is 2.26. The van der Waals surface area contributed by atoms with Crippen LogP contribution in [0.5, 0.6) is 0 Å². The van der Waals surface area contributed by atoms with Gasteiger partial charge in [-0.3, -0.25) is 0 Å². The van der Waals surface area contributed by atoms with Gasteiger partial charge in [0.1, 0.15) is 5.60 Å². The molecule has 0 N–H and O–H groups in total. The van der Waals surface area contributed by atoms with Crippen LogP contribution in [0.1, 0.15) is 136 Å². The van der Waals surface area contributed by atoms with E-state index in [1.54, 1.807) is 12.5 Å². The lowest BCUT2D eigenvalue weighted by molar-refractivity contribution is 0.0117. The van der Waals surface area contributed by atoms with Crippen molar-refractivity contribution >= 4 is 0 Å². The molecule has 0 spiro atoms. The monoisotopic (exact) mass is 406 g/mol. The second-order valence-electron chi connectivity index (χ2n) is 8.95. The van der Waals surface area contributed by atoms with Gasteiger partial charge in [-0.15, -0.1) is 0 Å². The minimum Gasteiger partial charge on any atom is -0.473 e. The van der Waals surface area contributed by atoms with E-state index in [9.17, 15) is 0 Å². The zero-order valence-corrected chi connectivity index (χ0v) is 19.8. The third-order valence-corrected chi connectivity index (χ3v) is 6.15. The SMILES string of the molecule is CCCCCCCCCCCCC1(OCCCCCCCCCC)C=COC=C1. The summed E-state index contributed by atoms with van der Waals surface area (Å²) in [6.45, 7) is 5.43. The van der Waals surface area contributed by atoms with Gasteiger partial charge in [0.15, 0.2) is 0 Å². The van der Waals surface area contributed by atoms with Crippen molar-refractivity contribution < 1.29 is 9.47 Å². The van der Waals surface area contributed by atoms with Crippen LogP contribution >= 0.6 is 0 Å². The molecule has 0 fully saturated rings. The summed E-state index contributed by atoms with van der Waals surface area (Å²) in [6, 6.07) is 0. The zero-order chi connectivity index (χ0) is 20.9. The summed E-state index contributed by atoms with van der Waals surface area (Å²) in [5, 5.41) is 0. The fourth-order valence-electron chi connectivity index (χ4n) is 4.13. The number of ether oxygens (including phenoxy) is 2. The van der Waals surface area contributed by atoms with Gasteiger partial charge in [0.25, 0.3) is 0 Å². The van der Waals surface area contributed by atoms with Gasteiger partial charge < -0.3 is 9.47 Å². The Kier molecular flexibility index (Phi) is 17.4. The summed E-state index contributed by atoms with van der Waals surface area (Å²) < 4.78 is 11.6. The normalized spacial score (nSPS) is 15.0. The summed E-state index contributed by atoms with van der Waals surface area (Å²) in [5.74, 6) is 0. The third kappa shape index (κ3) is 14.8. The van der Waals surface area contributed by atoms with Gasteiger partial charge in [0.2, 0.25) is 0 Å². The molecule has 0 aromatic rings. The molecule has 1 rings (SSSR count). The van der Waals surface area contributed by atoms with Crippen LogP contribution in [-0.4, -0.2) is 12.2 Å². The molecular weight excluding hydrogens is 356 g/mol. The molecule has 0 aromatic heterocycles. The number of hydrogen-bond acceptors (Lipinski definition) is 2. The van der Waals surface area contributed by atoms with E-state index in [2.05, 4.69) is 26.0 Å². The minimum absolute atomic E-state index is 0.223. The Morgan fingerprint density at radius 1 is 0.552 bits per heavy atom. The summed E-state index contributed by atoms with van der Waals surface area (Å²) in [5.41, 5.74) is -0.223. The molecule has 2 heteroatoms. The van der Waals surface area contributed by atoms with Crippen molar-refractivity contribution in [3.63, 3.8) is 0 Å². The molecule has 0 saturated carbocycles. The number of rotatable bonds is 21. The highest BCUT2D eigenvalue weighted by Crippen LogP contribution is 2.27. The first kappa shape index (κ1) is 26.3. The Labute approximate surface area is 182 Å². The van der Waals surface area contributed by atoms with Gasteiger partial charge >= 0.3 is 0 Å². The van der Waals surface area contributed by atoms with Crippen LogP contribution in [0.4, 0.5) is 0 Å². The molecule has 0 bridgehead atoms. The molecule has 0 aromatic carbocycles. The molecule has 2 nitrogen and oxygen atoms in total. The summed E-state index contributed by atoms with van der Waals surface area (Å²) >= 11 is 0. The van der Waals surface area contributed by atoms with Crippen LogP contribution in [0, 0.1) is 0 Å². The van der Waals surface area contributed by atoms with Crippen molar-refractivity contribution in [1.82, 2.24) is 0 Å². The minimum atomic E-state index is -0.223. The molecular formula is C27H50O2. The lowest BCUT2D eigenvalue weighted by Gasteiger charge is -2.29. The van der Waals surface area contributed by atoms with E-state index >= 15 is 0 Å². The maximum atomic E-state index is 6.34. The fourth-order valence-corrected chi connectivity index (χ4v) is 4.13. The van der Waals surface area contributed by atoms with Crippen molar-refractivity contribution in [2.45, 2.75) is 141 Å². The molecule has 0 radical (unpaired) electrons. The van der Waals surface area contributed by atoms with Crippen LogP contribution in [-0.2, 0) is 9.47 Å².